The van der Waals surface area contributed by atoms with Gasteiger partial charge in [-0.15, -0.1) is 0 Å². The van der Waals surface area contributed by atoms with Gasteiger partial charge in [-0.1, -0.05) is 17.3 Å². The highest BCUT2D eigenvalue weighted by Gasteiger charge is 2.08. The molecular weight excluding hydrogens is 202 g/mol. The zero-order valence-corrected chi connectivity index (χ0v) is 7.31. The predicted octanol–water partition coefficient (Wildman–Crippen LogP) is 2.04. The zero-order chi connectivity index (χ0) is 11.3. The summed E-state index contributed by atoms with van der Waals surface area (Å²) in [4.78, 5) is 12.2. The number of rotatable bonds is 2. The van der Waals surface area contributed by atoms with Crippen molar-refractivity contribution in [1.82, 2.24) is 0 Å². The maximum Gasteiger partial charge on any atom is 0.270 e. The minimum absolute atomic E-state index is 0.171. The summed E-state index contributed by atoms with van der Waals surface area (Å²) >= 11 is 0. The molecule has 0 saturated heterocycles. The Morgan fingerprint density at radius 2 is 2.33 bits per heavy atom. The lowest BCUT2D eigenvalue weighted by atomic mass is 10.2. The molecule has 0 saturated carbocycles. The Morgan fingerprint density at radius 1 is 1.60 bits per heavy atom. The summed E-state index contributed by atoms with van der Waals surface area (Å²) in [5.41, 5.74) is 8.13. The first-order valence-corrected chi connectivity index (χ1v) is 3.71. The van der Waals surface area contributed by atoms with Gasteiger partial charge >= 0.3 is 0 Å². The first kappa shape index (κ1) is 10.5. The molecule has 1 aromatic carbocycles. The van der Waals surface area contributed by atoms with E-state index >= 15 is 0 Å². The second-order valence-electron chi connectivity index (χ2n) is 2.42. The van der Waals surface area contributed by atoms with Gasteiger partial charge in [0.1, 0.15) is 0 Å². The van der Waals surface area contributed by atoms with E-state index in [2.05, 4.69) is 15.2 Å². The van der Waals surface area contributed by atoms with Gasteiger partial charge in [-0.05, 0) is 10.6 Å². The molecule has 0 aliphatic carbocycles. The minimum Gasteiger partial charge on any atom is -0.410 e. The van der Waals surface area contributed by atoms with Crippen molar-refractivity contribution in [3.8, 4) is 0 Å². The Kier molecular flexibility index (Phi) is 3.20. The van der Waals surface area contributed by atoms with E-state index in [-0.39, 0.29) is 17.1 Å². The maximum atomic E-state index is 10.4. The van der Waals surface area contributed by atoms with Crippen LogP contribution in [0.3, 0.4) is 0 Å². The summed E-state index contributed by atoms with van der Waals surface area (Å²) in [7, 11) is 0. The Labute approximate surface area is 83.2 Å². The molecule has 76 valence electrons. The normalized spacial score (nSPS) is 10.5. The number of nitrogens with zero attached hydrogens (tertiary/aromatic N) is 5. The summed E-state index contributed by atoms with van der Waals surface area (Å²) in [6, 6.07) is 5.24. The van der Waals surface area contributed by atoms with Gasteiger partial charge in [0.15, 0.2) is 5.84 Å². The summed E-state index contributed by atoms with van der Waals surface area (Å²) in [5.74, 6) is -0.318. The Bertz CT molecular complexity index is 463. The molecule has 0 amide bonds. The first-order valence-electron chi connectivity index (χ1n) is 3.71. The van der Waals surface area contributed by atoms with Crippen molar-refractivity contribution in [3.63, 3.8) is 0 Å². The van der Waals surface area contributed by atoms with Crippen LogP contribution in [0, 0.1) is 10.1 Å². The fourth-order valence-electron chi connectivity index (χ4n) is 0.936. The maximum absolute atomic E-state index is 10.4. The predicted molar refractivity (Wildman–Crippen MR) is 50.6 cm³/mol. The lowest BCUT2D eigenvalue weighted by Gasteiger charge is -1.96. The highest BCUT2D eigenvalue weighted by Crippen LogP contribution is 2.14. The summed E-state index contributed by atoms with van der Waals surface area (Å²) in [5, 5.41) is 24.7. The van der Waals surface area contributed by atoms with Crippen LogP contribution < -0.4 is 0 Å². The largest absolute Gasteiger partial charge is 0.410 e. The van der Waals surface area contributed by atoms with Crippen LogP contribution in [0.4, 0.5) is 5.69 Å². The van der Waals surface area contributed by atoms with E-state index in [0.29, 0.717) is 0 Å². The van der Waals surface area contributed by atoms with Crippen molar-refractivity contribution in [3.05, 3.63) is 50.4 Å². The van der Waals surface area contributed by atoms with E-state index in [1.807, 2.05) is 0 Å². The van der Waals surface area contributed by atoms with Crippen molar-refractivity contribution in [2.24, 2.45) is 10.3 Å². The van der Waals surface area contributed by atoms with E-state index in [1.54, 1.807) is 0 Å². The number of hydrogen-bond donors (Lipinski definition) is 1. The van der Waals surface area contributed by atoms with Crippen LogP contribution in [-0.2, 0) is 0 Å². The van der Waals surface area contributed by atoms with Gasteiger partial charge in [-0.2, -0.15) is 0 Å². The number of oxime groups is 1. The quantitative estimate of drug-likeness (QED) is 0.116. The Hall–Kier alpha value is -2.60. The summed E-state index contributed by atoms with van der Waals surface area (Å²) < 4.78 is 0. The Balaban J connectivity index is 3.20. The molecule has 0 heterocycles. The molecule has 0 spiro atoms. The van der Waals surface area contributed by atoms with Crippen molar-refractivity contribution in [2.75, 3.05) is 0 Å². The van der Waals surface area contributed by atoms with Gasteiger partial charge in [0, 0.05) is 22.6 Å². The van der Waals surface area contributed by atoms with E-state index in [1.165, 1.54) is 18.2 Å². The van der Waals surface area contributed by atoms with Gasteiger partial charge < -0.3 is 5.21 Å². The average Bonchev–Trinajstić information content (AvgIpc) is 2.26. The van der Waals surface area contributed by atoms with Crippen LogP contribution in [0.1, 0.15) is 5.56 Å². The average molecular weight is 207 g/mol. The number of amidine groups is 1. The fraction of sp³-hybridized carbons (Fsp3) is 0. The van der Waals surface area contributed by atoms with Crippen LogP contribution in [0.2, 0.25) is 0 Å². The van der Waals surface area contributed by atoms with Gasteiger partial charge in [-0.25, -0.2) is 0 Å². The molecule has 0 aliphatic heterocycles. The summed E-state index contributed by atoms with van der Waals surface area (Å²) in [6.45, 7) is 0. The van der Waals surface area contributed by atoms with Crippen LogP contribution >= 0.6 is 0 Å². The van der Waals surface area contributed by atoms with Crippen molar-refractivity contribution >= 4 is 11.5 Å². The molecule has 0 bridgehead atoms. The number of azide groups is 1. The molecule has 0 unspecified atom stereocenters. The van der Waals surface area contributed by atoms with Crippen LogP contribution in [0.15, 0.2) is 34.5 Å². The van der Waals surface area contributed by atoms with Crippen LogP contribution in [0.25, 0.3) is 10.4 Å². The second kappa shape index (κ2) is 4.58. The van der Waals surface area contributed by atoms with Crippen molar-refractivity contribution < 1.29 is 10.1 Å². The van der Waals surface area contributed by atoms with E-state index < -0.39 is 4.92 Å². The molecule has 15 heavy (non-hydrogen) atoms. The number of nitro groups is 1. The van der Waals surface area contributed by atoms with E-state index in [0.717, 1.165) is 6.07 Å². The molecule has 8 heteroatoms. The minimum atomic E-state index is -0.603. The third-order valence-electron chi connectivity index (χ3n) is 1.55. The second-order valence-corrected chi connectivity index (χ2v) is 2.42. The van der Waals surface area contributed by atoms with Gasteiger partial charge in [0.2, 0.25) is 0 Å². The first-order chi connectivity index (χ1) is 7.19. The topological polar surface area (TPSA) is 124 Å². The van der Waals surface area contributed by atoms with E-state index in [9.17, 15) is 10.1 Å². The van der Waals surface area contributed by atoms with Gasteiger partial charge in [0.25, 0.3) is 5.69 Å². The highest BCUT2D eigenvalue weighted by atomic mass is 16.6. The smallest absolute Gasteiger partial charge is 0.270 e. The molecule has 0 atom stereocenters. The summed E-state index contributed by atoms with van der Waals surface area (Å²) in [6.07, 6.45) is 0. The SMILES string of the molecule is [N-]=[N+]=NC(=NO)c1cccc([N+](=O)[O-])c1. The van der Waals surface area contributed by atoms with Crippen LogP contribution in [0.5, 0.6) is 0 Å². The van der Waals surface area contributed by atoms with Crippen molar-refractivity contribution in [1.29, 1.82) is 0 Å². The lowest BCUT2D eigenvalue weighted by Crippen LogP contribution is -1.97. The van der Waals surface area contributed by atoms with Gasteiger partial charge in [0.05, 0.1) is 4.92 Å². The molecule has 0 fully saturated rings. The van der Waals surface area contributed by atoms with E-state index in [4.69, 9.17) is 10.7 Å². The van der Waals surface area contributed by atoms with Gasteiger partial charge in [-0.3, -0.25) is 10.1 Å². The third-order valence-corrected chi connectivity index (χ3v) is 1.55. The molecule has 1 N–H and O–H groups in total. The number of hydrogen-bond acceptors (Lipinski definition) is 4. The standard InChI is InChI=1S/C7H5N5O3/c8-11-9-7(10-13)5-2-1-3-6(4-5)12(14)15/h1-4,13H. The third kappa shape index (κ3) is 2.42. The lowest BCUT2D eigenvalue weighted by molar-refractivity contribution is -0.384. The molecule has 0 aromatic heterocycles. The number of benzene rings is 1. The highest BCUT2D eigenvalue weighted by molar-refractivity contribution is 5.99. The Morgan fingerprint density at radius 3 is 2.87 bits per heavy atom. The number of non-ortho nitro benzene ring substituents is 1. The molecule has 1 rings (SSSR count). The molecule has 8 nitrogen and oxygen atoms in total. The molecular formula is C7H5N5O3. The molecule has 0 radical (unpaired) electrons. The van der Waals surface area contributed by atoms with Crippen molar-refractivity contribution in [2.45, 2.75) is 0 Å². The monoisotopic (exact) mass is 207 g/mol. The number of nitro benzene ring substituents is 1. The van der Waals surface area contributed by atoms with Crippen LogP contribution in [-0.4, -0.2) is 16.0 Å². The molecule has 1 aromatic rings. The fourth-order valence-corrected chi connectivity index (χ4v) is 0.936. The zero-order valence-electron chi connectivity index (χ0n) is 7.31. The molecule has 0 aliphatic rings.